The first kappa shape index (κ1) is 23.6. The number of anilines is 2. The molecule has 0 spiro atoms. The van der Waals surface area contributed by atoms with E-state index in [1.807, 2.05) is 29.7 Å². The lowest BCUT2D eigenvalue weighted by molar-refractivity contribution is 0.0691. The van der Waals surface area contributed by atoms with Crippen molar-refractivity contribution >= 4 is 32.6 Å². The normalized spacial score (nSPS) is 18.1. The SMILES string of the molecule is CCNc1nc2cc(OC)ccc2n1-c1nc2c(c(C(C)(C)S(C)(=O)=O)n1)OC[C@@H]1COCCN21. The number of ether oxygens (including phenoxy) is 3. The summed E-state index contributed by atoms with van der Waals surface area (Å²) in [6, 6.07) is 5.57. The van der Waals surface area contributed by atoms with Crippen molar-refractivity contribution in [1.82, 2.24) is 19.5 Å². The Hall–Kier alpha value is -3.12. The van der Waals surface area contributed by atoms with Crippen molar-refractivity contribution in [2.75, 3.05) is 56.5 Å². The quantitative estimate of drug-likeness (QED) is 0.537. The Balaban J connectivity index is 1.80. The molecule has 35 heavy (non-hydrogen) atoms. The number of imidazole rings is 1. The van der Waals surface area contributed by atoms with Crippen LogP contribution in [0.4, 0.5) is 11.8 Å². The van der Waals surface area contributed by atoms with Gasteiger partial charge in [-0.05, 0) is 32.9 Å². The molecule has 1 saturated heterocycles. The van der Waals surface area contributed by atoms with Gasteiger partial charge in [0.1, 0.15) is 22.8 Å². The number of morpholine rings is 1. The number of sulfone groups is 1. The van der Waals surface area contributed by atoms with Crippen molar-refractivity contribution in [3.63, 3.8) is 0 Å². The Kier molecular flexibility index (Phi) is 5.75. The monoisotopic (exact) mass is 502 g/mol. The Morgan fingerprint density at radius 1 is 1.23 bits per heavy atom. The van der Waals surface area contributed by atoms with Crippen molar-refractivity contribution < 1.29 is 22.6 Å². The molecule has 0 aliphatic carbocycles. The fraction of sp³-hybridized carbons (Fsp3) is 0.522. The Labute approximate surface area is 204 Å². The molecule has 0 radical (unpaired) electrons. The van der Waals surface area contributed by atoms with Crippen molar-refractivity contribution in [1.29, 1.82) is 0 Å². The van der Waals surface area contributed by atoms with Crippen LogP contribution in [0.3, 0.4) is 0 Å². The maximum Gasteiger partial charge on any atom is 0.239 e. The molecule has 12 heteroatoms. The number of hydrogen-bond donors (Lipinski definition) is 1. The molecule has 3 aromatic rings. The van der Waals surface area contributed by atoms with Crippen molar-refractivity contribution in [2.45, 2.75) is 31.6 Å². The van der Waals surface area contributed by atoms with Crippen LogP contribution in [0.25, 0.3) is 17.0 Å². The van der Waals surface area contributed by atoms with Crippen LogP contribution >= 0.6 is 0 Å². The summed E-state index contributed by atoms with van der Waals surface area (Å²) in [6.45, 7) is 7.95. The van der Waals surface area contributed by atoms with Crippen LogP contribution in [-0.4, -0.2) is 80.3 Å². The molecule has 5 rings (SSSR count). The van der Waals surface area contributed by atoms with Gasteiger partial charge in [0, 0.05) is 25.4 Å². The Morgan fingerprint density at radius 3 is 2.74 bits per heavy atom. The van der Waals surface area contributed by atoms with Gasteiger partial charge in [0.15, 0.2) is 21.4 Å². The molecule has 2 aromatic heterocycles. The van der Waals surface area contributed by atoms with Gasteiger partial charge in [-0.3, -0.25) is 0 Å². The molecule has 0 saturated carbocycles. The lowest BCUT2D eigenvalue weighted by Crippen LogP contribution is -2.52. The summed E-state index contributed by atoms with van der Waals surface area (Å²) in [4.78, 5) is 16.6. The van der Waals surface area contributed by atoms with E-state index in [-0.39, 0.29) is 6.04 Å². The molecule has 1 atom stereocenters. The smallest absolute Gasteiger partial charge is 0.239 e. The van der Waals surface area contributed by atoms with Gasteiger partial charge in [-0.1, -0.05) is 0 Å². The summed E-state index contributed by atoms with van der Waals surface area (Å²) in [5.41, 5.74) is 1.79. The van der Waals surface area contributed by atoms with Crippen LogP contribution in [0.2, 0.25) is 0 Å². The van der Waals surface area contributed by atoms with Gasteiger partial charge in [-0.2, -0.15) is 4.98 Å². The van der Waals surface area contributed by atoms with Gasteiger partial charge in [-0.15, -0.1) is 0 Å². The second-order valence-corrected chi connectivity index (χ2v) is 11.8. The number of methoxy groups -OCH3 is 1. The van der Waals surface area contributed by atoms with E-state index >= 15 is 0 Å². The zero-order valence-electron chi connectivity index (χ0n) is 20.5. The third kappa shape index (κ3) is 3.84. The highest BCUT2D eigenvalue weighted by Crippen LogP contribution is 2.43. The summed E-state index contributed by atoms with van der Waals surface area (Å²) < 4.78 is 43.4. The Bertz CT molecular complexity index is 1390. The largest absolute Gasteiger partial charge is 0.497 e. The van der Waals surface area contributed by atoms with Gasteiger partial charge >= 0.3 is 0 Å². The molecule has 1 N–H and O–H groups in total. The van der Waals surface area contributed by atoms with Crippen LogP contribution < -0.4 is 19.7 Å². The van der Waals surface area contributed by atoms with Gasteiger partial charge in [0.2, 0.25) is 11.9 Å². The van der Waals surface area contributed by atoms with Crippen LogP contribution in [-0.2, 0) is 19.3 Å². The average Bonchev–Trinajstić information content (AvgIpc) is 3.19. The summed E-state index contributed by atoms with van der Waals surface area (Å²) >= 11 is 0. The molecule has 0 bridgehead atoms. The standard InChI is InChI=1S/C23H30N6O5S/c1-6-24-21-25-16-11-15(32-4)7-8-17(16)29(21)22-26-19(23(2,3)35(5,30)31)18-20(27-22)28-9-10-33-12-14(28)13-34-18/h7-8,11,14H,6,9-10,12-13H2,1-5H3,(H,24,25)/t14-/m0/s1. The number of nitrogens with one attached hydrogen (secondary N) is 1. The third-order valence-electron chi connectivity index (χ3n) is 6.65. The van der Waals surface area contributed by atoms with E-state index in [0.717, 1.165) is 5.52 Å². The average molecular weight is 503 g/mol. The molecule has 1 aromatic carbocycles. The molecular formula is C23H30N6O5S. The topological polar surface area (TPSA) is 121 Å². The second-order valence-electron chi connectivity index (χ2n) is 9.20. The summed E-state index contributed by atoms with van der Waals surface area (Å²) in [5.74, 6) is 2.52. The first-order valence-electron chi connectivity index (χ1n) is 11.6. The number of rotatable bonds is 6. The molecule has 2 aliphatic heterocycles. The zero-order valence-corrected chi connectivity index (χ0v) is 21.3. The molecular weight excluding hydrogens is 472 g/mol. The van der Waals surface area contributed by atoms with E-state index in [2.05, 4.69) is 10.2 Å². The van der Waals surface area contributed by atoms with Crippen LogP contribution in [0.1, 0.15) is 26.5 Å². The van der Waals surface area contributed by atoms with E-state index in [1.54, 1.807) is 21.0 Å². The summed E-state index contributed by atoms with van der Waals surface area (Å²) in [5, 5.41) is 3.27. The molecule has 2 aliphatic rings. The number of benzene rings is 1. The fourth-order valence-electron chi connectivity index (χ4n) is 4.36. The van der Waals surface area contributed by atoms with Gasteiger partial charge < -0.3 is 24.4 Å². The highest BCUT2D eigenvalue weighted by Gasteiger charge is 2.43. The van der Waals surface area contributed by atoms with E-state index in [1.165, 1.54) is 6.26 Å². The lowest BCUT2D eigenvalue weighted by atomic mass is 10.1. The van der Waals surface area contributed by atoms with Gasteiger partial charge in [0.05, 0.1) is 37.4 Å². The first-order valence-corrected chi connectivity index (χ1v) is 13.4. The molecule has 0 amide bonds. The highest BCUT2D eigenvalue weighted by atomic mass is 32.2. The van der Waals surface area contributed by atoms with Gasteiger partial charge in [0.25, 0.3) is 0 Å². The minimum absolute atomic E-state index is 0.00905. The maximum absolute atomic E-state index is 12.9. The number of aromatic nitrogens is 4. The van der Waals surface area contributed by atoms with Crippen molar-refractivity contribution in [3.8, 4) is 17.4 Å². The minimum atomic E-state index is -3.55. The lowest BCUT2D eigenvalue weighted by Gasteiger charge is -2.41. The van der Waals surface area contributed by atoms with E-state index in [4.69, 9.17) is 29.2 Å². The van der Waals surface area contributed by atoms with Crippen molar-refractivity contribution in [2.24, 2.45) is 0 Å². The molecule has 188 valence electrons. The van der Waals surface area contributed by atoms with Gasteiger partial charge in [-0.25, -0.2) is 23.0 Å². The Morgan fingerprint density at radius 2 is 2.03 bits per heavy atom. The predicted molar refractivity (Wildman–Crippen MR) is 133 cm³/mol. The number of hydrogen-bond acceptors (Lipinski definition) is 10. The minimum Gasteiger partial charge on any atom is -0.497 e. The van der Waals surface area contributed by atoms with E-state index in [0.29, 0.717) is 73.3 Å². The van der Waals surface area contributed by atoms with Crippen LogP contribution in [0.15, 0.2) is 18.2 Å². The second kappa shape index (κ2) is 8.52. The first-order chi connectivity index (χ1) is 16.7. The molecule has 4 heterocycles. The molecule has 1 fully saturated rings. The molecule has 11 nitrogen and oxygen atoms in total. The zero-order chi connectivity index (χ0) is 25.0. The van der Waals surface area contributed by atoms with E-state index < -0.39 is 14.6 Å². The van der Waals surface area contributed by atoms with Crippen molar-refractivity contribution in [3.05, 3.63) is 23.9 Å². The van der Waals surface area contributed by atoms with Crippen LogP contribution in [0, 0.1) is 0 Å². The number of fused-ring (bicyclic) bond motifs is 4. The highest BCUT2D eigenvalue weighted by molar-refractivity contribution is 7.91. The van der Waals surface area contributed by atoms with E-state index in [9.17, 15) is 8.42 Å². The molecule has 0 unspecified atom stereocenters. The third-order valence-corrected chi connectivity index (χ3v) is 8.70. The fourth-order valence-corrected chi connectivity index (χ4v) is 4.85. The summed E-state index contributed by atoms with van der Waals surface area (Å²) in [7, 11) is -1.94. The predicted octanol–water partition coefficient (Wildman–Crippen LogP) is 2.13. The maximum atomic E-state index is 12.9. The summed E-state index contributed by atoms with van der Waals surface area (Å²) in [6.07, 6.45) is 1.21. The number of nitrogens with zero attached hydrogens (tertiary/aromatic N) is 5. The van der Waals surface area contributed by atoms with Crippen LogP contribution in [0.5, 0.6) is 11.5 Å².